The normalized spacial score (nSPS) is 11.9. The molecule has 1 aromatic rings. The summed E-state index contributed by atoms with van der Waals surface area (Å²) in [5.41, 5.74) is 0. The molecule has 15 heavy (non-hydrogen) atoms. The second kappa shape index (κ2) is 5.80. The Kier molecular flexibility index (Phi) is 5.00. The first-order chi connectivity index (χ1) is 7.06. The minimum atomic E-state index is -3.36. The number of aryl methyl sites for hydroxylation is 1. The third kappa shape index (κ3) is 4.07. The molecule has 0 bridgehead atoms. The molecule has 0 aliphatic carbocycles. The zero-order valence-electron chi connectivity index (χ0n) is 8.48. The summed E-state index contributed by atoms with van der Waals surface area (Å²) in [5.74, 6) is 0. The summed E-state index contributed by atoms with van der Waals surface area (Å²) in [6.45, 7) is 0.486. The van der Waals surface area contributed by atoms with Crippen LogP contribution in [0.2, 0.25) is 0 Å². The molecule has 1 N–H and O–H groups in total. The highest BCUT2D eigenvalue weighted by Crippen LogP contribution is 2.05. The Labute approximate surface area is 103 Å². The van der Waals surface area contributed by atoms with Crippen LogP contribution < -0.4 is 4.72 Å². The van der Waals surface area contributed by atoms with E-state index in [1.807, 2.05) is 0 Å². The van der Waals surface area contributed by atoms with Gasteiger partial charge in [0.2, 0.25) is 10.0 Å². The van der Waals surface area contributed by atoms with Gasteiger partial charge in [-0.3, -0.25) is 4.68 Å². The Morgan fingerprint density at radius 2 is 2.27 bits per heavy atom. The monoisotopic (exact) mass is 343 g/mol. The van der Waals surface area contributed by atoms with Crippen molar-refractivity contribution in [3.63, 3.8) is 0 Å². The molecule has 86 valence electrons. The molecule has 1 heterocycles. The van der Waals surface area contributed by atoms with Crippen molar-refractivity contribution < 1.29 is 8.42 Å². The minimum Gasteiger partial charge on any atom is -0.274 e. The fourth-order valence-electron chi connectivity index (χ4n) is 1.05. The quantitative estimate of drug-likeness (QED) is 0.475. The van der Waals surface area contributed by atoms with Crippen LogP contribution in [0.1, 0.15) is 12.8 Å². The van der Waals surface area contributed by atoms with E-state index in [0.29, 0.717) is 6.54 Å². The molecule has 0 fully saturated rings. The maximum Gasteiger partial charge on any atom is 0.243 e. The molecular weight excluding hydrogens is 329 g/mol. The lowest BCUT2D eigenvalue weighted by Gasteiger charge is -2.02. The van der Waals surface area contributed by atoms with E-state index >= 15 is 0 Å². The van der Waals surface area contributed by atoms with E-state index in [4.69, 9.17) is 0 Å². The van der Waals surface area contributed by atoms with Crippen LogP contribution in [0.4, 0.5) is 0 Å². The van der Waals surface area contributed by atoms with Crippen molar-refractivity contribution in [2.75, 3.05) is 11.0 Å². The zero-order chi connectivity index (χ0) is 11.3. The number of nitrogens with zero attached hydrogens (tertiary/aromatic N) is 2. The molecule has 0 aliphatic rings. The van der Waals surface area contributed by atoms with Gasteiger partial charge in [0.1, 0.15) is 4.90 Å². The van der Waals surface area contributed by atoms with Gasteiger partial charge in [-0.25, -0.2) is 13.1 Å². The van der Waals surface area contributed by atoms with Gasteiger partial charge in [-0.15, -0.1) is 0 Å². The molecule has 0 atom stereocenters. The van der Waals surface area contributed by atoms with Gasteiger partial charge >= 0.3 is 0 Å². The smallest absolute Gasteiger partial charge is 0.243 e. The average molecular weight is 343 g/mol. The van der Waals surface area contributed by atoms with Gasteiger partial charge in [0.25, 0.3) is 0 Å². The minimum absolute atomic E-state index is 0.222. The van der Waals surface area contributed by atoms with Crippen LogP contribution in [0.3, 0.4) is 0 Å². The fraction of sp³-hybridized carbons (Fsp3) is 0.625. The number of rotatable bonds is 6. The largest absolute Gasteiger partial charge is 0.274 e. The van der Waals surface area contributed by atoms with E-state index in [1.54, 1.807) is 7.05 Å². The van der Waals surface area contributed by atoms with Gasteiger partial charge in [0.15, 0.2) is 0 Å². The lowest BCUT2D eigenvalue weighted by atomic mass is 10.3. The Balaban J connectivity index is 2.53. The van der Waals surface area contributed by atoms with Gasteiger partial charge in [0, 0.05) is 19.8 Å². The Hall–Kier alpha value is -0.150. The van der Waals surface area contributed by atoms with Gasteiger partial charge in [-0.1, -0.05) is 22.6 Å². The summed E-state index contributed by atoms with van der Waals surface area (Å²) in [6, 6.07) is 0. The second-order valence-electron chi connectivity index (χ2n) is 3.14. The molecule has 0 saturated carbocycles. The predicted molar refractivity (Wildman–Crippen MR) is 66.5 cm³/mol. The van der Waals surface area contributed by atoms with Crippen molar-refractivity contribution in [3.05, 3.63) is 12.4 Å². The topological polar surface area (TPSA) is 64.0 Å². The van der Waals surface area contributed by atoms with E-state index in [1.165, 1.54) is 17.1 Å². The lowest BCUT2D eigenvalue weighted by Crippen LogP contribution is -2.24. The number of alkyl halides is 1. The maximum atomic E-state index is 11.6. The first kappa shape index (κ1) is 12.9. The lowest BCUT2D eigenvalue weighted by molar-refractivity contribution is 0.578. The van der Waals surface area contributed by atoms with E-state index in [0.717, 1.165) is 17.3 Å². The number of aromatic nitrogens is 2. The molecule has 0 radical (unpaired) electrons. The highest BCUT2D eigenvalue weighted by Gasteiger charge is 2.14. The molecule has 0 aliphatic heterocycles. The van der Waals surface area contributed by atoms with Crippen molar-refractivity contribution in [3.8, 4) is 0 Å². The maximum absolute atomic E-state index is 11.6. The summed E-state index contributed by atoms with van der Waals surface area (Å²) >= 11 is 2.27. The molecule has 0 amide bonds. The van der Waals surface area contributed by atoms with Crippen molar-refractivity contribution in [2.45, 2.75) is 17.7 Å². The zero-order valence-corrected chi connectivity index (χ0v) is 11.5. The summed E-state index contributed by atoms with van der Waals surface area (Å²) in [7, 11) is -1.67. The number of nitrogens with one attached hydrogen (secondary N) is 1. The molecule has 1 aromatic heterocycles. The van der Waals surface area contributed by atoms with E-state index in [-0.39, 0.29) is 4.90 Å². The highest BCUT2D eigenvalue weighted by molar-refractivity contribution is 14.1. The average Bonchev–Trinajstić information content (AvgIpc) is 2.60. The van der Waals surface area contributed by atoms with E-state index < -0.39 is 10.0 Å². The molecule has 0 spiro atoms. The predicted octanol–water partition coefficient (Wildman–Crippen LogP) is 0.914. The summed E-state index contributed by atoms with van der Waals surface area (Å²) in [6.07, 6.45) is 4.72. The molecule has 0 saturated heterocycles. The fourth-order valence-corrected chi connectivity index (χ4v) is 2.64. The number of halogens is 1. The number of sulfonamides is 1. The van der Waals surface area contributed by atoms with E-state index in [9.17, 15) is 8.42 Å². The van der Waals surface area contributed by atoms with Crippen LogP contribution in [-0.2, 0) is 17.1 Å². The third-order valence-electron chi connectivity index (χ3n) is 1.84. The van der Waals surface area contributed by atoms with Crippen LogP contribution in [0.5, 0.6) is 0 Å². The van der Waals surface area contributed by atoms with Crippen molar-refractivity contribution >= 4 is 32.6 Å². The third-order valence-corrected chi connectivity index (χ3v) is 4.02. The van der Waals surface area contributed by atoms with Gasteiger partial charge in [-0.2, -0.15) is 5.10 Å². The number of unbranched alkanes of at least 4 members (excludes halogenated alkanes) is 1. The Bertz CT molecular complexity index is 402. The standard InChI is InChI=1S/C8H14IN3O2S/c1-12-7-8(6-10-12)15(13,14)11-5-3-2-4-9/h6-7,11H,2-5H2,1H3. The Morgan fingerprint density at radius 1 is 1.53 bits per heavy atom. The van der Waals surface area contributed by atoms with Crippen molar-refractivity contribution in [1.82, 2.24) is 14.5 Å². The van der Waals surface area contributed by atoms with Gasteiger partial charge in [-0.05, 0) is 17.3 Å². The SMILES string of the molecule is Cn1cc(S(=O)(=O)NCCCCI)cn1. The van der Waals surface area contributed by atoms with Gasteiger partial charge in [0.05, 0.1) is 6.20 Å². The van der Waals surface area contributed by atoms with Crippen molar-refractivity contribution in [2.24, 2.45) is 7.05 Å². The van der Waals surface area contributed by atoms with Crippen LogP contribution in [0.15, 0.2) is 17.3 Å². The van der Waals surface area contributed by atoms with Crippen LogP contribution >= 0.6 is 22.6 Å². The summed E-state index contributed by atoms with van der Waals surface area (Å²) in [5, 5.41) is 3.82. The van der Waals surface area contributed by atoms with Crippen LogP contribution in [0.25, 0.3) is 0 Å². The number of hydrogen-bond acceptors (Lipinski definition) is 3. The molecule has 0 unspecified atom stereocenters. The van der Waals surface area contributed by atoms with Crippen LogP contribution in [-0.4, -0.2) is 29.2 Å². The molecular formula is C8H14IN3O2S. The first-order valence-corrected chi connectivity index (χ1v) is 7.61. The van der Waals surface area contributed by atoms with E-state index in [2.05, 4.69) is 32.4 Å². The Morgan fingerprint density at radius 3 is 2.80 bits per heavy atom. The van der Waals surface area contributed by atoms with Gasteiger partial charge < -0.3 is 0 Å². The first-order valence-electron chi connectivity index (χ1n) is 4.60. The van der Waals surface area contributed by atoms with Crippen molar-refractivity contribution in [1.29, 1.82) is 0 Å². The summed E-state index contributed by atoms with van der Waals surface area (Å²) < 4.78 is 28.3. The molecule has 7 heteroatoms. The molecule has 5 nitrogen and oxygen atoms in total. The van der Waals surface area contributed by atoms with Crippen LogP contribution in [0, 0.1) is 0 Å². The number of hydrogen-bond donors (Lipinski definition) is 1. The highest BCUT2D eigenvalue weighted by atomic mass is 127. The molecule has 1 rings (SSSR count). The molecule has 0 aromatic carbocycles. The second-order valence-corrected chi connectivity index (χ2v) is 5.99. The summed E-state index contributed by atoms with van der Waals surface area (Å²) in [4.78, 5) is 0.222.